The van der Waals surface area contributed by atoms with Crippen LogP contribution in [-0.2, 0) is 23.7 Å². The molecule has 0 saturated carbocycles. The van der Waals surface area contributed by atoms with Crippen molar-refractivity contribution >= 4 is 44.9 Å². The van der Waals surface area contributed by atoms with Crippen molar-refractivity contribution in [2.75, 3.05) is 18.4 Å². The zero-order chi connectivity index (χ0) is 24.7. The molecular weight excluding hydrogens is 499 g/mol. The van der Waals surface area contributed by atoms with Gasteiger partial charge in [0.15, 0.2) is 5.03 Å². The van der Waals surface area contributed by atoms with Gasteiger partial charge in [-0.3, -0.25) is 9.35 Å². The molecule has 0 radical (unpaired) electrons. The Morgan fingerprint density at radius 1 is 1.06 bits per heavy atom. The molecule has 1 aliphatic rings. The number of aryl methyl sites for hydroxylation is 1. The van der Waals surface area contributed by atoms with Crippen LogP contribution in [0.5, 0.6) is 0 Å². The lowest BCUT2D eigenvalue weighted by Crippen LogP contribution is -2.35. The van der Waals surface area contributed by atoms with Crippen LogP contribution in [0.25, 0.3) is 0 Å². The van der Waals surface area contributed by atoms with Crippen molar-refractivity contribution in [1.29, 1.82) is 0 Å². The molecule has 1 aromatic heterocycles. The number of amides is 1. The summed E-state index contributed by atoms with van der Waals surface area (Å²) in [5.74, 6) is 0.130. The van der Waals surface area contributed by atoms with E-state index in [9.17, 15) is 13.2 Å². The first-order valence-corrected chi connectivity index (χ1v) is 12.9. The van der Waals surface area contributed by atoms with E-state index in [1.54, 1.807) is 13.1 Å². The number of halogens is 2. The number of imidazole rings is 1. The van der Waals surface area contributed by atoms with Crippen LogP contribution in [0.2, 0.25) is 10.0 Å². The van der Waals surface area contributed by atoms with Crippen molar-refractivity contribution in [2.24, 2.45) is 7.05 Å². The fraction of sp³-hybridized carbons (Fsp3) is 0.304. The number of carbonyl (C=O) groups is 1. The molecule has 2 aromatic carbocycles. The Kier molecular flexibility index (Phi) is 8.96. The highest BCUT2D eigenvalue weighted by molar-refractivity contribution is 7.85. The Balaban J connectivity index is 0.000000271. The van der Waals surface area contributed by atoms with Crippen LogP contribution in [0, 0.1) is 0 Å². The molecule has 0 bridgehead atoms. The number of anilines is 1. The van der Waals surface area contributed by atoms with E-state index in [-0.39, 0.29) is 10.9 Å². The summed E-state index contributed by atoms with van der Waals surface area (Å²) in [5, 5.41) is 4.11. The highest BCUT2D eigenvalue weighted by atomic mass is 35.5. The van der Waals surface area contributed by atoms with Crippen molar-refractivity contribution in [3.8, 4) is 0 Å². The predicted molar refractivity (Wildman–Crippen MR) is 133 cm³/mol. The van der Waals surface area contributed by atoms with Crippen LogP contribution in [0.3, 0.4) is 0 Å². The summed E-state index contributed by atoms with van der Waals surface area (Å²) in [4.78, 5) is 17.8. The molecule has 0 unspecified atom stereocenters. The van der Waals surface area contributed by atoms with E-state index in [0.717, 1.165) is 42.7 Å². The van der Waals surface area contributed by atoms with Crippen molar-refractivity contribution in [3.63, 3.8) is 0 Å². The quantitative estimate of drug-likeness (QED) is 0.460. The van der Waals surface area contributed by atoms with Gasteiger partial charge in [0, 0.05) is 44.1 Å². The Morgan fingerprint density at radius 2 is 1.74 bits per heavy atom. The Bertz CT molecular complexity index is 1220. The van der Waals surface area contributed by atoms with Crippen molar-refractivity contribution in [3.05, 3.63) is 76.2 Å². The van der Waals surface area contributed by atoms with E-state index < -0.39 is 10.1 Å². The first kappa shape index (κ1) is 26.0. The average Bonchev–Trinajstić information content (AvgIpc) is 3.28. The molecule has 3 aromatic rings. The first-order chi connectivity index (χ1) is 16.1. The summed E-state index contributed by atoms with van der Waals surface area (Å²) >= 11 is 11.9. The van der Waals surface area contributed by atoms with Crippen molar-refractivity contribution in [2.45, 2.75) is 30.8 Å². The number of hydrogen-bond donors (Lipinski definition) is 2. The maximum absolute atomic E-state index is 12.4. The SMILES string of the molecule is Cn1cnc(S(=O)(=O)O)c1.O=C(c1ccc(NCc2ccc(Cl)c(Cl)c2)cc1)N1CCCCC1. The summed E-state index contributed by atoms with van der Waals surface area (Å²) in [5.41, 5.74) is 2.77. The maximum atomic E-state index is 12.4. The normalized spacial score (nSPS) is 13.7. The lowest BCUT2D eigenvalue weighted by molar-refractivity contribution is 0.0724. The second-order valence-electron chi connectivity index (χ2n) is 7.88. The molecule has 2 N–H and O–H groups in total. The van der Waals surface area contributed by atoms with Gasteiger partial charge in [0.25, 0.3) is 5.91 Å². The summed E-state index contributed by atoms with van der Waals surface area (Å²) in [7, 11) is -2.50. The lowest BCUT2D eigenvalue weighted by atomic mass is 10.1. The number of nitrogens with one attached hydrogen (secondary N) is 1. The predicted octanol–water partition coefficient (Wildman–Crippen LogP) is 4.90. The molecule has 0 atom stereocenters. The Labute approximate surface area is 209 Å². The molecule has 4 rings (SSSR count). The number of nitrogens with zero attached hydrogens (tertiary/aromatic N) is 3. The van der Waals surface area contributed by atoms with Crippen LogP contribution in [-0.4, -0.2) is 46.4 Å². The van der Waals surface area contributed by atoms with Crippen LogP contribution in [0.1, 0.15) is 35.2 Å². The molecule has 8 nitrogen and oxygen atoms in total. The molecule has 2 heterocycles. The molecule has 34 heavy (non-hydrogen) atoms. The zero-order valence-corrected chi connectivity index (χ0v) is 20.9. The van der Waals surface area contributed by atoms with Gasteiger partial charge in [0.1, 0.15) is 0 Å². The summed E-state index contributed by atoms with van der Waals surface area (Å²) in [6.45, 7) is 2.39. The third kappa shape index (κ3) is 7.46. The molecule has 1 aliphatic heterocycles. The minimum Gasteiger partial charge on any atom is -0.381 e. The van der Waals surface area contributed by atoms with Gasteiger partial charge < -0.3 is 14.8 Å². The van der Waals surface area contributed by atoms with Crippen LogP contribution < -0.4 is 5.32 Å². The van der Waals surface area contributed by atoms with E-state index in [1.807, 2.05) is 41.3 Å². The average molecular weight is 525 g/mol. The van der Waals surface area contributed by atoms with Gasteiger partial charge in [-0.25, -0.2) is 4.98 Å². The Morgan fingerprint density at radius 3 is 2.26 bits per heavy atom. The van der Waals surface area contributed by atoms with E-state index in [2.05, 4.69) is 10.3 Å². The van der Waals surface area contributed by atoms with E-state index in [4.69, 9.17) is 27.8 Å². The minimum atomic E-state index is -4.11. The standard InChI is InChI=1S/C19H20Cl2N2O.C4H6N2O3S/c20-17-9-4-14(12-18(17)21)13-22-16-7-5-15(6-8-16)19(24)23-10-2-1-3-11-23;1-6-2-4(5-3-6)10(7,8)9/h4-9,12,22H,1-3,10-11,13H2;2-3H,1H3,(H,7,8,9). The monoisotopic (exact) mass is 524 g/mol. The van der Waals surface area contributed by atoms with Gasteiger partial charge in [-0.05, 0) is 61.2 Å². The largest absolute Gasteiger partial charge is 0.381 e. The van der Waals surface area contributed by atoms with Crippen LogP contribution >= 0.6 is 23.2 Å². The second-order valence-corrected chi connectivity index (χ2v) is 10.1. The fourth-order valence-electron chi connectivity index (χ4n) is 3.39. The number of rotatable bonds is 5. The van der Waals surface area contributed by atoms with Gasteiger partial charge in [-0.15, -0.1) is 0 Å². The summed E-state index contributed by atoms with van der Waals surface area (Å²) in [6.07, 6.45) is 5.95. The number of benzene rings is 2. The molecule has 0 spiro atoms. The van der Waals surface area contributed by atoms with Crippen LogP contribution in [0.4, 0.5) is 5.69 Å². The molecule has 1 amide bonds. The maximum Gasteiger partial charge on any atom is 0.313 e. The minimum absolute atomic E-state index is 0.130. The van der Waals surface area contributed by atoms with Gasteiger partial charge in [0.2, 0.25) is 0 Å². The molecule has 1 fully saturated rings. The number of piperidine rings is 1. The van der Waals surface area contributed by atoms with Gasteiger partial charge >= 0.3 is 10.1 Å². The fourth-order valence-corrected chi connectivity index (χ4v) is 4.19. The third-order valence-electron chi connectivity index (χ3n) is 5.20. The summed E-state index contributed by atoms with van der Waals surface area (Å²) in [6, 6.07) is 13.2. The highest BCUT2D eigenvalue weighted by Crippen LogP contribution is 2.23. The molecule has 11 heteroatoms. The number of likely N-dealkylation sites (tertiary alicyclic amines) is 1. The number of hydrogen-bond acceptors (Lipinski definition) is 5. The zero-order valence-electron chi connectivity index (χ0n) is 18.6. The first-order valence-electron chi connectivity index (χ1n) is 10.7. The number of aromatic nitrogens is 2. The smallest absolute Gasteiger partial charge is 0.313 e. The molecule has 182 valence electrons. The van der Waals surface area contributed by atoms with Crippen molar-refractivity contribution in [1.82, 2.24) is 14.5 Å². The topological polar surface area (TPSA) is 105 Å². The van der Waals surface area contributed by atoms with Gasteiger partial charge in [-0.1, -0.05) is 29.3 Å². The van der Waals surface area contributed by atoms with E-state index in [1.165, 1.54) is 23.5 Å². The van der Waals surface area contributed by atoms with Gasteiger partial charge in [0.05, 0.1) is 16.4 Å². The lowest BCUT2D eigenvalue weighted by Gasteiger charge is -2.26. The van der Waals surface area contributed by atoms with E-state index in [0.29, 0.717) is 16.6 Å². The summed E-state index contributed by atoms with van der Waals surface area (Å²) < 4.78 is 30.5. The van der Waals surface area contributed by atoms with Crippen molar-refractivity contribution < 1.29 is 17.8 Å². The Hall–Kier alpha value is -2.59. The number of carbonyl (C=O) groups excluding carboxylic acids is 1. The molecule has 0 aliphatic carbocycles. The molecular formula is C23H26Cl2N4O4S. The molecule has 1 saturated heterocycles. The highest BCUT2D eigenvalue weighted by Gasteiger charge is 2.17. The second kappa shape index (κ2) is 11.7. The van der Waals surface area contributed by atoms with Gasteiger partial charge in [-0.2, -0.15) is 8.42 Å². The van der Waals surface area contributed by atoms with Crippen LogP contribution in [0.15, 0.2) is 60.0 Å². The van der Waals surface area contributed by atoms with E-state index >= 15 is 0 Å². The third-order valence-corrected chi connectivity index (χ3v) is 6.68.